The standard InChI is InChI=1S/C15H21N3O4S/c19-14-7-4-8-16-18(14)11-15(20)17-9-13(10-17)23(21,22)12-5-2-1-3-6-12/h4,7-8,12-13H,1-3,5-6,9-11H2. The predicted molar refractivity (Wildman–Crippen MR) is 84.7 cm³/mol. The number of amides is 1. The second-order valence-electron chi connectivity index (χ2n) is 6.29. The van der Waals surface area contributed by atoms with Gasteiger partial charge in [0.15, 0.2) is 9.84 Å². The van der Waals surface area contributed by atoms with Crippen LogP contribution >= 0.6 is 0 Å². The minimum absolute atomic E-state index is 0.143. The molecule has 1 aromatic heterocycles. The normalized spacial score (nSPS) is 20.3. The van der Waals surface area contributed by atoms with Gasteiger partial charge in [-0.15, -0.1) is 0 Å². The Morgan fingerprint density at radius 1 is 1.17 bits per heavy atom. The van der Waals surface area contributed by atoms with Crippen LogP contribution in [0.15, 0.2) is 23.1 Å². The van der Waals surface area contributed by atoms with Crippen molar-refractivity contribution in [2.45, 2.75) is 49.1 Å². The number of aromatic nitrogens is 2. The number of carbonyl (C=O) groups excluding carboxylic acids is 1. The molecule has 2 fully saturated rings. The molecule has 0 bridgehead atoms. The van der Waals surface area contributed by atoms with Gasteiger partial charge in [0.05, 0.1) is 10.5 Å². The van der Waals surface area contributed by atoms with Crippen molar-refractivity contribution < 1.29 is 13.2 Å². The van der Waals surface area contributed by atoms with Crippen molar-refractivity contribution in [3.63, 3.8) is 0 Å². The maximum atomic E-state index is 12.5. The summed E-state index contributed by atoms with van der Waals surface area (Å²) in [4.78, 5) is 25.2. The summed E-state index contributed by atoms with van der Waals surface area (Å²) in [5, 5.41) is 3.15. The summed E-state index contributed by atoms with van der Waals surface area (Å²) in [7, 11) is -3.15. The first-order valence-electron chi connectivity index (χ1n) is 8.01. The van der Waals surface area contributed by atoms with Crippen LogP contribution < -0.4 is 5.56 Å². The average Bonchev–Trinajstić information content (AvgIpc) is 2.49. The van der Waals surface area contributed by atoms with Crippen molar-refractivity contribution in [3.05, 3.63) is 28.7 Å². The van der Waals surface area contributed by atoms with Gasteiger partial charge in [-0.1, -0.05) is 19.3 Å². The van der Waals surface area contributed by atoms with Crippen LogP contribution in [0.25, 0.3) is 0 Å². The minimum Gasteiger partial charge on any atom is -0.338 e. The van der Waals surface area contributed by atoms with Gasteiger partial charge in [0, 0.05) is 25.4 Å². The third-order valence-electron chi connectivity index (χ3n) is 4.75. The molecule has 0 unspecified atom stereocenters. The molecule has 1 aliphatic heterocycles. The van der Waals surface area contributed by atoms with E-state index in [0.29, 0.717) is 0 Å². The van der Waals surface area contributed by atoms with E-state index in [1.165, 1.54) is 23.2 Å². The maximum absolute atomic E-state index is 12.5. The number of carbonyl (C=O) groups is 1. The number of hydrogen-bond acceptors (Lipinski definition) is 5. The second kappa shape index (κ2) is 6.43. The topological polar surface area (TPSA) is 89.3 Å². The first-order valence-corrected chi connectivity index (χ1v) is 9.62. The molecule has 1 aliphatic carbocycles. The highest BCUT2D eigenvalue weighted by Crippen LogP contribution is 2.29. The Balaban J connectivity index is 1.57. The Morgan fingerprint density at radius 2 is 1.87 bits per heavy atom. The van der Waals surface area contributed by atoms with Gasteiger partial charge in [-0.3, -0.25) is 9.59 Å². The second-order valence-corrected chi connectivity index (χ2v) is 8.80. The Labute approximate surface area is 135 Å². The molecule has 1 saturated heterocycles. The minimum atomic E-state index is -3.15. The van der Waals surface area contributed by atoms with E-state index in [1.54, 1.807) is 0 Å². The van der Waals surface area contributed by atoms with E-state index in [9.17, 15) is 18.0 Å². The van der Waals surface area contributed by atoms with Crippen LogP contribution in [0.5, 0.6) is 0 Å². The Hall–Kier alpha value is -1.70. The lowest BCUT2D eigenvalue weighted by molar-refractivity contribution is -0.135. The molecule has 0 atom stereocenters. The fourth-order valence-electron chi connectivity index (χ4n) is 3.25. The van der Waals surface area contributed by atoms with Crippen molar-refractivity contribution in [1.29, 1.82) is 0 Å². The number of nitrogens with zero attached hydrogens (tertiary/aromatic N) is 3. The van der Waals surface area contributed by atoms with E-state index < -0.39 is 15.1 Å². The molecule has 0 aromatic carbocycles. The van der Waals surface area contributed by atoms with Crippen molar-refractivity contribution in [2.75, 3.05) is 13.1 Å². The van der Waals surface area contributed by atoms with Gasteiger partial charge in [0.25, 0.3) is 5.56 Å². The molecule has 126 valence electrons. The molecule has 7 nitrogen and oxygen atoms in total. The van der Waals surface area contributed by atoms with Gasteiger partial charge < -0.3 is 4.90 Å². The van der Waals surface area contributed by atoms with Crippen LogP contribution in [-0.4, -0.2) is 52.6 Å². The smallest absolute Gasteiger partial charge is 0.267 e. The molecular weight excluding hydrogens is 318 g/mol. The third kappa shape index (κ3) is 3.31. The van der Waals surface area contributed by atoms with Crippen molar-refractivity contribution in [3.8, 4) is 0 Å². The molecule has 1 amide bonds. The lowest BCUT2D eigenvalue weighted by Gasteiger charge is -2.40. The molecule has 8 heteroatoms. The van der Waals surface area contributed by atoms with Crippen molar-refractivity contribution in [2.24, 2.45) is 0 Å². The molecule has 0 spiro atoms. The first-order chi connectivity index (χ1) is 11.0. The molecule has 0 N–H and O–H groups in total. The lowest BCUT2D eigenvalue weighted by Crippen LogP contribution is -2.59. The molecule has 3 rings (SSSR count). The van der Waals surface area contributed by atoms with Gasteiger partial charge in [0.2, 0.25) is 5.91 Å². The average molecular weight is 339 g/mol. The monoisotopic (exact) mass is 339 g/mol. The van der Waals surface area contributed by atoms with Crippen molar-refractivity contribution in [1.82, 2.24) is 14.7 Å². The predicted octanol–water partition coefficient (Wildman–Crippen LogP) is 0.202. The summed E-state index contributed by atoms with van der Waals surface area (Å²) in [6.45, 7) is 0.328. The van der Waals surface area contributed by atoms with Crippen LogP contribution in [0.4, 0.5) is 0 Å². The summed E-state index contributed by atoms with van der Waals surface area (Å²) >= 11 is 0. The van der Waals surface area contributed by atoms with E-state index in [-0.39, 0.29) is 36.4 Å². The van der Waals surface area contributed by atoms with Crippen LogP contribution in [0.1, 0.15) is 32.1 Å². The van der Waals surface area contributed by atoms with Crippen LogP contribution in [0.3, 0.4) is 0 Å². The third-order valence-corrected chi connectivity index (χ3v) is 7.38. The van der Waals surface area contributed by atoms with E-state index in [4.69, 9.17) is 0 Å². The molecule has 1 saturated carbocycles. The molecule has 2 heterocycles. The lowest BCUT2D eigenvalue weighted by atomic mass is 10.0. The summed E-state index contributed by atoms with van der Waals surface area (Å²) in [5.74, 6) is -0.263. The van der Waals surface area contributed by atoms with Crippen LogP contribution in [0.2, 0.25) is 0 Å². The van der Waals surface area contributed by atoms with Crippen molar-refractivity contribution >= 4 is 15.7 Å². The Kier molecular flexibility index (Phi) is 4.52. The van der Waals surface area contributed by atoms with Gasteiger partial charge in [0.1, 0.15) is 6.54 Å². The van der Waals surface area contributed by atoms with Gasteiger partial charge >= 0.3 is 0 Å². The quantitative estimate of drug-likeness (QED) is 0.782. The van der Waals surface area contributed by atoms with Gasteiger partial charge in [-0.05, 0) is 18.9 Å². The molecule has 1 aromatic rings. The fraction of sp³-hybridized carbons (Fsp3) is 0.667. The van der Waals surface area contributed by atoms with E-state index in [0.717, 1.165) is 36.8 Å². The van der Waals surface area contributed by atoms with Crippen LogP contribution in [0, 0.1) is 0 Å². The maximum Gasteiger partial charge on any atom is 0.267 e. The molecular formula is C15H21N3O4S. The SMILES string of the molecule is O=C(Cn1ncccc1=O)N1CC(S(=O)(=O)C2CCCCC2)C1. The highest BCUT2D eigenvalue weighted by molar-refractivity contribution is 7.92. The largest absolute Gasteiger partial charge is 0.338 e. The fourth-order valence-corrected chi connectivity index (χ4v) is 5.56. The Bertz CT molecular complexity index is 731. The van der Waals surface area contributed by atoms with Crippen LogP contribution in [-0.2, 0) is 21.2 Å². The molecule has 23 heavy (non-hydrogen) atoms. The number of hydrogen-bond donors (Lipinski definition) is 0. The zero-order chi connectivity index (χ0) is 16.4. The first kappa shape index (κ1) is 16.2. The molecule has 0 radical (unpaired) electrons. The van der Waals surface area contributed by atoms with Gasteiger partial charge in [-0.25, -0.2) is 13.1 Å². The summed E-state index contributed by atoms with van der Waals surface area (Å²) in [6.07, 6.45) is 6.00. The highest BCUT2D eigenvalue weighted by atomic mass is 32.2. The highest BCUT2D eigenvalue weighted by Gasteiger charge is 2.43. The summed E-state index contributed by atoms with van der Waals surface area (Å²) in [6, 6.07) is 2.85. The zero-order valence-corrected chi connectivity index (χ0v) is 13.7. The Morgan fingerprint density at radius 3 is 2.52 bits per heavy atom. The number of rotatable bonds is 4. The number of likely N-dealkylation sites (tertiary alicyclic amines) is 1. The summed E-state index contributed by atoms with van der Waals surface area (Å²) in [5.41, 5.74) is -0.340. The van der Waals surface area contributed by atoms with E-state index >= 15 is 0 Å². The number of sulfone groups is 1. The van der Waals surface area contributed by atoms with E-state index in [1.807, 2.05) is 0 Å². The van der Waals surface area contributed by atoms with Gasteiger partial charge in [-0.2, -0.15) is 5.10 Å². The summed E-state index contributed by atoms with van der Waals surface area (Å²) < 4.78 is 26.2. The van der Waals surface area contributed by atoms with E-state index in [2.05, 4.69) is 5.10 Å². The molecule has 2 aliphatic rings. The zero-order valence-electron chi connectivity index (χ0n) is 12.9.